The first-order chi connectivity index (χ1) is 8.68. The number of rotatable bonds is 1. The smallest absolute Gasteiger partial charge is 0.229 e. The molecule has 0 radical (unpaired) electrons. The summed E-state index contributed by atoms with van der Waals surface area (Å²) < 4.78 is 0. The van der Waals surface area contributed by atoms with E-state index in [4.69, 9.17) is 0 Å². The minimum absolute atomic E-state index is 0.0659. The Morgan fingerprint density at radius 3 is 3.06 bits per heavy atom. The lowest BCUT2D eigenvalue weighted by Gasteiger charge is -2.20. The van der Waals surface area contributed by atoms with Crippen molar-refractivity contribution in [2.24, 2.45) is 5.92 Å². The third-order valence-electron chi connectivity index (χ3n) is 4.00. The fourth-order valence-electron chi connectivity index (χ4n) is 3.12. The van der Waals surface area contributed by atoms with Crippen molar-refractivity contribution in [2.45, 2.75) is 26.2 Å². The van der Waals surface area contributed by atoms with Crippen LogP contribution >= 0.6 is 0 Å². The topological polar surface area (TPSA) is 32.3 Å². The summed E-state index contributed by atoms with van der Waals surface area (Å²) in [6.45, 7) is 6.83. The van der Waals surface area contributed by atoms with Crippen molar-refractivity contribution >= 4 is 11.6 Å². The van der Waals surface area contributed by atoms with E-state index in [9.17, 15) is 4.79 Å². The van der Waals surface area contributed by atoms with Gasteiger partial charge in [0.05, 0.1) is 0 Å². The Morgan fingerprint density at radius 2 is 2.28 bits per heavy atom. The lowest BCUT2D eigenvalue weighted by molar-refractivity contribution is -0.121. The fourth-order valence-corrected chi connectivity index (χ4v) is 3.12. The maximum atomic E-state index is 12.3. The average molecular weight is 244 g/mol. The molecule has 0 fully saturated rings. The van der Waals surface area contributed by atoms with E-state index in [1.54, 1.807) is 0 Å². The predicted octanol–water partition coefficient (Wildman–Crippen LogP) is 1.92. The number of amides is 1. The monoisotopic (exact) mass is 244 g/mol. The molecule has 3 rings (SSSR count). The second-order valence-corrected chi connectivity index (χ2v) is 5.60. The molecule has 3 heteroatoms. The maximum absolute atomic E-state index is 12.3. The number of hydrogen-bond acceptors (Lipinski definition) is 2. The van der Waals surface area contributed by atoms with Crippen LogP contribution in [0.2, 0.25) is 0 Å². The van der Waals surface area contributed by atoms with E-state index in [0.29, 0.717) is 5.92 Å². The zero-order chi connectivity index (χ0) is 12.7. The van der Waals surface area contributed by atoms with E-state index in [1.165, 1.54) is 11.1 Å². The van der Waals surface area contributed by atoms with Crippen LogP contribution in [0.4, 0.5) is 5.69 Å². The SMILES string of the molecule is CC(C)C(=O)N1CC2CNCCc3cccc1c32. The molecule has 0 aromatic heterocycles. The number of carbonyl (C=O) groups excluding carboxylic acids is 1. The first-order valence-corrected chi connectivity index (χ1v) is 6.82. The molecular weight excluding hydrogens is 224 g/mol. The van der Waals surface area contributed by atoms with Gasteiger partial charge in [-0.3, -0.25) is 4.79 Å². The molecule has 1 amide bonds. The molecule has 18 heavy (non-hydrogen) atoms. The van der Waals surface area contributed by atoms with Crippen molar-refractivity contribution in [3.63, 3.8) is 0 Å². The van der Waals surface area contributed by atoms with Gasteiger partial charge in [-0.1, -0.05) is 26.0 Å². The van der Waals surface area contributed by atoms with Crippen LogP contribution in [0.1, 0.15) is 30.9 Å². The highest BCUT2D eigenvalue weighted by Crippen LogP contribution is 2.40. The van der Waals surface area contributed by atoms with Gasteiger partial charge in [0.15, 0.2) is 0 Å². The molecule has 1 unspecified atom stereocenters. The molecule has 1 aromatic carbocycles. The normalized spacial score (nSPS) is 21.9. The Hall–Kier alpha value is -1.35. The highest BCUT2D eigenvalue weighted by atomic mass is 16.2. The second-order valence-electron chi connectivity index (χ2n) is 5.60. The molecule has 2 heterocycles. The fraction of sp³-hybridized carbons (Fsp3) is 0.533. The zero-order valence-corrected chi connectivity index (χ0v) is 11.1. The Labute approximate surface area is 108 Å². The van der Waals surface area contributed by atoms with E-state index in [2.05, 4.69) is 23.5 Å². The summed E-state index contributed by atoms with van der Waals surface area (Å²) >= 11 is 0. The summed E-state index contributed by atoms with van der Waals surface area (Å²) in [6, 6.07) is 6.40. The summed E-state index contributed by atoms with van der Waals surface area (Å²) in [5.74, 6) is 0.786. The van der Waals surface area contributed by atoms with E-state index in [1.807, 2.05) is 18.7 Å². The van der Waals surface area contributed by atoms with Crippen molar-refractivity contribution in [2.75, 3.05) is 24.5 Å². The molecule has 1 N–H and O–H groups in total. The van der Waals surface area contributed by atoms with Crippen molar-refractivity contribution in [3.8, 4) is 0 Å². The molecule has 1 aromatic rings. The van der Waals surface area contributed by atoms with Crippen LogP contribution in [0.15, 0.2) is 18.2 Å². The minimum atomic E-state index is 0.0659. The largest absolute Gasteiger partial charge is 0.316 e. The standard InChI is InChI=1S/C15H20N2O/c1-10(2)15(18)17-9-12-8-16-7-6-11-4-3-5-13(17)14(11)12/h3-5,10,12,16H,6-9H2,1-2H3. The Morgan fingerprint density at radius 1 is 1.44 bits per heavy atom. The van der Waals surface area contributed by atoms with Gasteiger partial charge in [0.25, 0.3) is 0 Å². The predicted molar refractivity (Wildman–Crippen MR) is 72.9 cm³/mol. The number of nitrogens with one attached hydrogen (secondary N) is 1. The lowest BCUT2D eigenvalue weighted by Crippen LogP contribution is -2.34. The zero-order valence-electron chi connectivity index (χ0n) is 11.1. The molecule has 3 nitrogen and oxygen atoms in total. The quantitative estimate of drug-likeness (QED) is 0.818. The van der Waals surface area contributed by atoms with Crippen LogP contribution in [-0.2, 0) is 11.2 Å². The van der Waals surface area contributed by atoms with Crippen LogP contribution in [0.25, 0.3) is 0 Å². The number of nitrogens with zero attached hydrogens (tertiary/aromatic N) is 1. The molecule has 0 saturated heterocycles. The summed E-state index contributed by atoms with van der Waals surface area (Å²) in [5, 5.41) is 3.48. The van der Waals surface area contributed by atoms with Gasteiger partial charge in [-0.05, 0) is 30.2 Å². The van der Waals surface area contributed by atoms with Crippen molar-refractivity contribution < 1.29 is 4.79 Å². The van der Waals surface area contributed by atoms with Crippen LogP contribution in [0.3, 0.4) is 0 Å². The summed E-state index contributed by atoms with van der Waals surface area (Å²) in [7, 11) is 0. The first kappa shape index (κ1) is 11.7. The lowest BCUT2D eigenvalue weighted by atomic mass is 9.96. The number of hydrogen-bond donors (Lipinski definition) is 1. The Bertz CT molecular complexity index is 481. The van der Waals surface area contributed by atoms with Gasteiger partial charge in [-0.2, -0.15) is 0 Å². The number of anilines is 1. The van der Waals surface area contributed by atoms with Gasteiger partial charge in [0.1, 0.15) is 0 Å². The van der Waals surface area contributed by atoms with Crippen LogP contribution in [0.5, 0.6) is 0 Å². The van der Waals surface area contributed by atoms with Gasteiger partial charge in [0, 0.05) is 30.6 Å². The van der Waals surface area contributed by atoms with Gasteiger partial charge >= 0.3 is 0 Å². The van der Waals surface area contributed by atoms with E-state index < -0.39 is 0 Å². The summed E-state index contributed by atoms with van der Waals surface area (Å²) in [4.78, 5) is 14.3. The number of benzene rings is 1. The molecule has 0 spiro atoms. The van der Waals surface area contributed by atoms with Crippen LogP contribution < -0.4 is 10.2 Å². The van der Waals surface area contributed by atoms with Crippen molar-refractivity contribution in [3.05, 3.63) is 29.3 Å². The van der Waals surface area contributed by atoms with E-state index >= 15 is 0 Å². The van der Waals surface area contributed by atoms with E-state index in [-0.39, 0.29) is 11.8 Å². The minimum Gasteiger partial charge on any atom is -0.316 e. The highest BCUT2D eigenvalue weighted by molar-refractivity contribution is 5.97. The van der Waals surface area contributed by atoms with Crippen molar-refractivity contribution in [1.29, 1.82) is 0 Å². The molecule has 0 aliphatic carbocycles. The third kappa shape index (κ3) is 1.74. The summed E-state index contributed by atoms with van der Waals surface area (Å²) in [5.41, 5.74) is 3.98. The van der Waals surface area contributed by atoms with Crippen molar-refractivity contribution in [1.82, 2.24) is 5.32 Å². The van der Waals surface area contributed by atoms with Crippen LogP contribution in [0, 0.1) is 5.92 Å². The third-order valence-corrected chi connectivity index (χ3v) is 4.00. The molecule has 2 aliphatic rings. The Balaban J connectivity index is 2.05. The van der Waals surface area contributed by atoms with Gasteiger partial charge < -0.3 is 10.2 Å². The molecule has 2 aliphatic heterocycles. The molecule has 96 valence electrons. The first-order valence-electron chi connectivity index (χ1n) is 6.82. The second kappa shape index (κ2) is 4.39. The van der Waals surface area contributed by atoms with Gasteiger partial charge in [-0.25, -0.2) is 0 Å². The van der Waals surface area contributed by atoms with Gasteiger partial charge in [0.2, 0.25) is 5.91 Å². The highest BCUT2D eigenvalue weighted by Gasteiger charge is 2.35. The molecule has 1 atom stereocenters. The Kier molecular flexibility index (Phi) is 2.86. The van der Waals surface area contributed by atoms with Gasteiger partial charge in [-0.15, -0.1) is 0 Å². The number of carbonyl (C=O) groups is 1. The summed E-state index contributed by atoms with van der Waals surface area (Å²) in [6.07, 6.45) is 1.07. The maximum Gasteiger partial charge on any atom is 0.229 e. The van der Waals surface area contributed by atoms with Crippen LogP contribution in [-0.4, -0.2) is 25.5 Å². The molecular formula is C15H20N2O. The average Bonchev–Trinajstić information content (AvgIpc) is 2.59. The molecule has 0 saturated carbocycles. The molecule has 0 bridgehead atoms. The van der Waals surface area contributed by atoms with E-state index in [0.717, 1.165) is 31.7 Å².